The van der Waals surface area contributed by atoms with Crippen LogP contribution in [-0.4, -0.2) is 20.0 Å². The average Bonchev–Trinajstić information content (AvgIpc) is 2.76. The number of nitriles is 1. The summed E-state index contributed by atoms with van der Waals surface area (Å²) >= 11 is 0. The van der Waals surface area contributed by atoms with Crippen LogP contribution < -0.4 is 0 Å². The van der Waals surface area contributed by atoms with Crippen LogP contribution in [-0.2, 0) is 19.6 Å². The van der Waals surface area contributed by atoms with Gasteiger partial charge in [0.25, 0.3) is 0 Å². The molecule has 0 spiro atoms. The van der Waals surface area contributed by atoms with Gasteiger partial charge in [-0.05, 0) is 53.2 Å². The minimum atomic E-state index is 0.245. The number of benzene rings is 2. The maximum absolute atomic E-state index is 10.6. The maximum Gasteiger partial charge on any atom is 0.120 e. The van der Waals surface area contributed by atoms with Crippen LogP contribution in [0, 0.1) is 11.3 Å². The molecule has 0 atom stereocenters. The molecule has 0 bridgehead atoms. The number of hydrogen-bond donors (Lipinski definition) is 1. The molecule has 29 heavy (non-hydrogen) atoms. The first-order chi connectivity index (χ1) is 14.2. The van der Waals surface area contributed by atoms with Crippen LogP contribution in [0.4, 0.5) is 0 Å². The maximum atomic E-state index is 10.6. The lowest BCUT2D eigenvalue weighted by atomic mass is 10.0. The van der Waals surface area contributed by atoms with E-state index in [4.69, 9.17) is 0 Å². The summed E-state index contributed by atoms with van der Waals surface area (Å²) in [7, 11) is 0. The van der Waals surface area contributed by atoms with E-state index in [-0.39, 0.29) is 5.75 Å². The number of nitrogens with zero attached hydrogens (tertiary/aromatic N) is 4. The van der Waals surface area contributed by atoms with Gasteiger partial charge in [0, 0.05) is 37.6 Å². The summed E-state index contributed by atoms with van der Waals surface area (Å²) in [5.41, 5.74) is 3.34. The molecule has 0 unspecified atom stereocenters. The first-order valence-corrected chi connectivity index (χ1v) is 9.40. The van der Waals surface area contributed by atoms with Crippen LogP contribution >= 0.6 is 0 Å². The Morgan fingerprint density at radius 2 is 1.52 bits per heavy atom. The van der Waals surface area contributed by atoms with Crippen molar-refractivity contribution in [3.05, 3.63) is 102 Å². The highest BCUT2D eigenvalue weighted by Gasteiger charge is 2.15. The Labute approximate surface area is 169 Å². The highest BCUT2D eigenvalue weighted by Crippen LogP contribution is 2.30. The standard InChI is InChI=1S/C24H20N4O/c25-14-18-7-9-22-19(13-18)8-10-24(29)23(22)17-28(15-20-5-1-3-11-26-20)16-21-6-2-4-12-27-21/h1-13,29H,15-17H2. The zero-order valence-corrected chi connectivity index (χ0v) is 15.9. The van der Waals surface area contributed by atoms with E-state index in [0.29, 0.717) is 25.2 Å². The number of fused-ring (bicyclic) bond motifs is 1. The summed E-state index contributed by atoms with van der Waals surface area (Å²) in [5.74, 6) is 0.245. The van der Waals surface area contributed by atoms with E-state index in [9.17, 15) is 10.4 Å². The zero-order valence-electron chi connectivity index (χ0n) is 15.9. The normalized spacial score (nSPS) is 10.9. The molecule has 0 radical (unpaired) electrons. The first-order valence-electron chi connectivity index (χ1n) is 9.40. The fourth-order valence-corrected chi connectivity index (χ4v) is 3.45. The molecule has 0 aliphatic carbocycles. The Morgan fingerprint density at radius 3 is 2.10 bits per heavy atom. The van der Waals surface area contributed by atoms with Crippen molar-refractivity contribution in [2.24, 2.45) is 0 Å². The van der Waals surface area contributed by atoms with E-state index >= 15 is 0 Å². The molecular weight excluding hydrogens is 360 g/mol. The summed E-state index contributed by atoms with van der Waals surface area (Å²) in [4.78, 5) is 11.1. The molecule has 0 saturated carbocycles. The van der Waals surface area contributed by atoms with E-state index in [0.717, 1.165) is 27.7 Å². The number of hydrogen-bond acceptors (Lipinski definition) is 5. The molecule has 0 fully saturated rings. The minimum absolute atomic E-state index is 0.245. The van der Waals surface area contributed by atoms with Gasteiger partial charge in [-0.15, -0.1) is 0 Å². The van der Waals surface area contributed by atoms with Crippen LogP contribution in [0.2, 0.25) is 0 Å². The fraction of sp³-hybridized carbons (Fsp3) is 0.125. The molecule has 0 saturated heterocycles. The minimum Gasteiger partial charge on any atom is -0.508 e. The summed E-state index contributed by atoms with van der Waals surface area (Å²) in [6, 6.07) is 23.0. The van der Waals surface area contributed by atoms with Gasteiger partial charge in [-0.2, -0.15) is 5.26 Å². The highest BCUT2D eigenvalue weighted by atomic mass is 16.3. The SMILES string of the molecule is N#Cc1ccc2c(CN(Cc3ccccn3)Cc3ccccn3)c(O)ccc2c1. The van der Waals surface area contributed by atoms with Gasteiger partial charge in [-0.25, -0.2) is 0 Å². The third-order valence-corrected chi connectivity index (χ3v) is 4.84. The van der Waals surface area contributed by atoms with Crippen molar-refractivity contribution in [3.8, 4) is 11.8 Å². The van der Waals surface area contributed by atoms with E-state index < -0.39 is 0 Å². The van der Waals surface area contributed by atoms with Gasteiger partial charge in [0.1, 0.15) is 5.75 Å². The molecular formula is C24H20N4O. The predicted octanol–water partition coefficient (Wildman–Crippen LogP) is 4.41. The molecule has 5 nitrogen and oxygen atoms in total. The highest BCUT2D eigenvalue weighted by molar-refractivity contribution is 5.88. The van der Waals surface area contributed by atoms with Crippen LogP contribution in [0.3, 0.4) is 0 Å². The van der Waals surface area contributed by atoms with Gasteiger partial charge in [0.05, 0.1) is 23.0 Å². The molecule has 1 N–H and O–H groups in total. The van der Waals surface area contributed by atoms with Gasteiger partial charge in [0.2, 0.25) is 0 Å². The number of phenols is 1. The van der Waals surface area contributed by atoms with Crippen LogP contribution in [0.25, 0.3) is 10.8 Å². The molecule has 0 amide bonds. The second-order valence-electron chi connectivity index (χ2n) is 6.90. The second-order valence-corrected chi connectivity index (χ2v) is 6.90. The number of pyridine rings is 2. The fourth-order valence-electron chi connectivity index (χ4n) is 3.45. The van der Waals surface area contributed by atoms with Crippen molar-refractivity contribution >= 4 is 10.8 Å². The largest absolute Gasteiger partial charge is 0.508 e. The van der Waals surface area contributed by atoms with Crippen molar-refractivity contribution in [1.82, 2.24) is 14.9 Å². The first kappa shape index (κ1) is 18.6. The van der Waals surface area contributed by atoms with Gasteiger partial charge in [-0.1, -0.05) is 24.3 Å². The molecule has 0 aliphatic rings. The lowest BCUT2D eigenvalue weighted by molar-refractivity contribution is 0.239. The van der Waals surface area contributed by atoms with Crippen molar-refractivity contribution in [2.45, 2.75) is 19.6 Å². The second kappa shape index (κ2) is 8.51. The zero-order chi connectivity index (χ0) is 20.1. The number of rotatable bonds is 6. The van der Waals surface area contributed by atoms with Crippen LogP contribution in [0.1, 0.15) is 22.5 Å². The molecule has 2 aromatic heterocycles. The summed E-state index contributed by atoms with van der Waals surface area (Å²) in [6.45, 7) is 1.79. The summed E-state index contributed by atoms with van der Waals surface area (Å²) in [6.07, 6.45) is 3.57. The number of phenolic OH excluding ortho intramolecular Hbond substituents is 1. The number of aromatic nitrogens is 2. The quantitative estimate of drug-likeness (QED) is 0.536. The molecule has 5 heteroatoms. The van der Waals surface area contributed by atoms with Gasteiger partial charge >= 0.3 is 0 Å². The van der Waals surface area contributed by atoms with Crippen molar-refractivity contribution < 1.29 is 5.11 Å². The van der Waals surface area contributed by atoms with E-state index in [1.54, 1.807) is 24.5 Å². The van der Waals surface area contributed by atoms with Crippen molar-refractivity contribution in [1.29, 1.82) is 5.26 Å². The summed E-state index contributed by atoms with van der Waals surface area (Å²) < 4.78 is 0. The predicted molar refractivity (Wildman–Crippen MR) is 112 cm³/mol. The lowest BCUT2D eigenvalue weighted by Crippen LogP contribution is -2.23. The molecule has 2 heterocycles. The van der Waals surface area contributed by atoms with Crippen LogP contribution in [0.15, 0.2) is 79.1 Å². The van der Waals surface area contributed by atoms with Gasteiger partial charge < -0.3 is 5.11 Å². The monoisotopic (exact) mass is 380 g/mol. The van der Waals surface area contributed by atoms with Gasteiger partial charge in [-0.3, -0.25) is 14.9 Å². The van der Waals surface area contributed by atoms with Gasteiger partial charge in [0.15, 0.2) is 0 Å². The summed E-state index contributed by atoms with van der Waals surface area (Å²) in [5, 5.41) is 21.6. The Balaban J connectivity index is 1.70. The average molecular weight is 380 g/mol. The third kappa shape index (κ3) is 4.40. The Hall–Kier alpha value is -3.75. The number of aromatic hydroxyl groups is 1. The van der Waals surface area contributed by atoms with E-state index in [2.05, 4.69) is 20.9 Å². The lowest BCUT2D eigenvalue weighted by Gasteiger charge is -2.23. The van der Waals surface area contributed by atoms with E-state index in [1.165, 1.54) is 0 Å². The van der Waals surface area contributed by atoms with Crippen molar-refractivity contribution in [3.63, 3.8) is 0 Å². The van der Waals surface area contributed by atoms with E-state index in [1.807, 2.05) is 54.6 Å². The van der Waals surface area contributed by atoms with Crippen molar-refractivity contribution in [2.75, 3.05) is 0 Å². The third-order valence-electron chi connectivity index (χ3n) is 4.84. The molecule has 0 aliphatic heterocycles. The molecule has 2 aromatic carbocycles. The smallest absolute Gasteiger partial charge is 0.120 e. The molecule has 4 rings (SSSR count). The Bertz CT molecular complexity index is 1110. The van der Waals surface area contributed by atoms with Crippen LogP contribution in [0.5, 0.6) is 5.75 Å². The topological polar surface area (TPSA) is 73.0 Å². The molecule has 4 aromatic rings. The Kier molecular flexibility index (Phi) is 5.46. The molecule has 142 valence electrons. The Morgan fingerprint density at radius 1 is 0.828 bits per heavy atom.